The third kappa shape index (κ3) is 2.98. The van der Waals surface area contributed by atoms with E-state index in [1.165, 1.54) is 7.11 Å². The Morgan fingerprint density at radius 2 is 2.41 bits per heavy atom. The number of hydrogen-bond acceptors (Lipinski definition) is 3. The van der Waals surface area contributed by atoms with Crippen molar-refractivity contribution in [2.45, 2.75) is 6.10 Å². The number of carbonyl (C=O) groups excluding carboxylic acids is 1. The molecule has 1 heterocycles. The van der Waals surface area contributed by atoms with Crippen LogP contribution in [0.3, 0.4) is 0 Å². The van der Waals surface area contributed by atoms with Gasteiger partial charge in [-0.2, -0.15) is 0 Å². The zero-order valence-corrected chi connectivity index (χ0v) is 11.1. The highest BCUT2D eigenvalue weighted by Crippen LogP contribution is 2.24. The van der Waals surface area contributed by atoms with E-state index in [2.05, 4.69) is 15.9 Å². The van der Waals surface area contributed by atoms with Crippen LogP contribution in [0.4, 0.5) is 4.79 Å². The second kappa shape index (κ2) is 5.51. The second-order valence-corrected chi connectivity index (χ2v) is 4.75. The van der Waals surface area contributed by atoms with Crippen LogP contribution < -0.4 is 0 Å². The number of hydrogen-bond donors (Lipinski definition) is 0. The molecule has 0 spiro atoms. The van der Waals surface area contributed by atoms with Gasteiger partial charge in [-0.25, -0.2) is 4.79 Å². The van der Waals surface area contributed by atoms with E-state index < -0.39 is 0 Å². The van der Waals surface area contributed by atoms with Crippen LogP contribution >= 0.6 is 15.9 Å². The summed E-state index contributed by atoms with van der Waals surface area (Å²) >= 11 is 3.43. The Labute approximate surface area is 109 Å². The minimum Gasteiger partial charge on any atom is -0.453 e. The number of amides is 1. The number of halogens is 1. The largest absolute Gasteiger partial charge is 0.453 e. The van der Waals surface area contributed by atoms with Crippen molar-refractivity contribution in [3.8, 4) is 0 Å². The first-order chi connectivity index (χ1) is 8.20. The summed E-state index contributed by atoms with van der Waals surface area (Å²) in [4.78, 5) is 13.1. The van der Waals surface area contributed by atoms with Crippen molar-refractivity contribution in [3.05, 3.63) is 34.3 Å². The Morgan fingerprint density at radius 1 is 1.59 bits per heavy atom. The molecule has 0 bridgehead atoms. The van der Waals surface area contributed by atoms with Gasteiger partial charge in [0.2, 0.25) is 0 Å². The topological polar surface area (TPSA) is 38.8 Å². The first-order valence-corrected chi connectivity index (χ1v) is 6.20. The molecule has 1 saturated heterocycles. The highest BCUT2D eigenvalue weighted by molar-refractivity contribution is 9.10. The summed E-state index contributed by atoms with van der Waals surface area (Å²) in [5.74, 6) is 0. The molecule has 0 radical (unpaired) electrons. The maximum atomic E-state index is 11.4. The molecule has 0 saturated carbocycles. The minimum atomic E-state index is -0.298. The molecule has 5 heteroatoms. The van der Waals surface area contributed by atoms with Crippen LogP contribution in [-0.4, -0.2) is 37.8 Å². The van der Waals surface area contributed by atoms with Crippen LogP contribution in [0, 0.1) is 0 Å². The predicted molar refractivity (Wildman–Crippen MR) is 66.8 cm³/mol. The van der Waals surface area contributed by atoms with Crippen LogP contribution in [0.25, 0.3) is 0 Å². The maximum Gasteiger partial charge on any atom is 0.409 e. The number of carbonyl (C=O) groups is 1. The molecule has 1 aliphatic rings. The molecule has 1 fully saturated rings. The normalized spacial score (nSPS) is 20.1. The summed E-state index contributed by atoms with van der Waals surface area (Å²) in [6, 6.07) is 7.92. The number of morpholine rings is 1. The fraction of sp³-hybridized carbons (Fsp3) is 0.417. The van der Waals surface area contributed by atoms with Gasteiger partial charge in [0.15, 0.2) is 0 Å². The van der Waals surface area contributed by atoms with E-state index in [0.717, 1.165) is 10.0 Å². The Morgan fingerprint density at radius 3 is 3.12 bits per heavy atom. The summed E-state index contributed by atoms with van der Waals surface area (Å²) < 4.78 is 11.4. The van der Waals surface area contributed by atoms with Crippen molar-refractivity contribution in [1.82, 2.24) is 4.90 Å². The fourth-order valence-electron chi connectivity index (χ4n) is 1.85. The number of ether oxygens (including phenoxy) is 2. The molecule has 4 nitrogen and oxygen atoms in total. The average molecular weight is 300 g/mol. The fourth-order valence-corrected chi connectivity index (χ4v) is 2.27. The molecular weight excluding hydrogens is 286 g/mol. The SMILES string of the molecule is COC(=O)N1CCOC(c2cccc(Br)c2)C1. The Bertz CT molecular complexity index is 410. The van der Waals surface area contributed by atoms with E-state index in [-0.39, 0.29) is 12.2 Å². The van der Waals surface area contributed by atoms with Gasteiger partial charge in [-0.05, 0) is 17.7 Å². The van der Waals surface area contributed by atoms with Gasteiger partial charge in [0.05, 0.1) is 20.3 Å². The van der Waals surface area contributed by atoms with E-state index in [1.807, 2.05) is 24.3 Å². The molecule has 1 amide bonds. The van der Waals surface area contributed by atoms with E-state index in [0.29, 0.717) is 19.7 Å². The number of rotatable bonds is 1. The third-order valence-electron chi connectivity index (χ3n) is 2.72. The van der Waals surface area contributed by atoms with Crippen molar-refractivity contribution < 1.29 is 14.3 Å². The van der Waals surface area contributed by atoms with Gasteiger partial charge in [-0.1, -0.05) is 28.1 Å². The second-order valence-electron chi connectivity index (χ2n) is 3.83. The summed E-state index contributed by atoms with van der Waals surface area (Å²) in [5.41, 5.74) is 1.06. The molecule has 1 aromatic carbocycles. The molecule has 92 valence electrons. The molecule has 17 heavy (non-hydrogen) atoms. The molecule has 1 aromatic rings. The Kier molecular flexibility index (Phi) is 4.02. The van der Waals surface area contributed by atoms with Crippen molar-refractivity contribution in [2.24, 2.45) is 0 Å². The van der Waals surface area contributed by atoms with Crippen molar-refractivity contribution >= 4 is 22.0 Å². The van der Waals surface area contributed by atoms with E-state index in [1.54, 1.807) is 4.90 Å². The molecule has 0 aromatic heterocycles. The van der Waals surface area contributed by atoms with Crippen molar-refractivity contribution in [2.75, 3.05) is 26.8 Å². The standard InChI is InChI=1S/C12H14BrNO3/c1-16-12(15)14-5-6-17-11(8-14)9-3-2-4-10(13)7-9/h2-4,7,11H,5-6,8H2,1H3. The lowest BCUT2D eigenvalue weighted by Crippen LogP contribution is -2.42. The highest BCUT2D eigenvalue weighted by atomic mass is 79.9. The molecule has 0 aliphatic carbocycles. The zero-order chi connectivity index (χ0) is 12.3. The van der Waals surface area contributed by atoms with Gasteiger partial charge in [-0.3, -0.25) is 0 Å². The Balaban J connectivity index is 2.09. The van der Waals surface area contributed by atoms with Crippen LogP contribution in [-0.2, 0) is 9.47 Å². The lowest BCUT2D eigenvalue weighted by Gasteiger charge is -2.32. The summed E-state index contributed by atoms with van der Waals surface area (Å²) in [7, 11) is 1.39. The van der Waals surface area contributed by atoms with Gasteiger partial charge in [0.25, 0.3) is 0 Å². The Hall–Kier alpha value is -1.07. The molecule has 1 unspecified atom stereocenters. The van der Waals surface area contributed by atoms with Crippen LogP contribution in [0.2, 0.25) is 0 Å². The highest BCUT2D eigenvalue weighted by Gasteiger charge is 2.25. The monoisotopic (exact) mass is 299 g/mol. The first-order valence-electron chi connectivity index (χ1n) is 5.40. The van der Waals surface area contributed by atoms with E-state index in [9.17, 15) is 4.79 Å². The average Bonchev–Trinajstić information content (AvgIpc) is 2.38. The molecule has 0 N–H and O–H groups in total. The number of benzene rings is 1. The van der Waals surface area contributed by atoms with Crippen LogP contribution in [0.1, 0.15) is 11.7 Å². The van der Waals surface area contributed by atoms with Gasteiger partial charge in [-0.15, -0.1) is 0 Å². The number of methoxy groups -OCH3 is 1. The van der Waals surface area contributed by atoms with Gasteiger partial charge in [0, 0.05) is 11.0 Å². The summed E-state index contributed by atoms with van der Waals surface area (Å²) in [6.07, 6.45) is -0.381. The minimum absolute atomic E-state index is 0.0830. The molecular formula is C12H14BrNO3. The van der Waals surface area contributed by atoms with Crippen LogP contribution in [0.15, 0.2) is 28.7 Å². The summed E-state index contributed by atoms with van der Waals surface area (Å²) in [6.45, 7) is 1.65. The third-order valence-corrected chi connectivity index (χ3v) is 3.21. The maximum absolute atomic E-state index is 11.4. The lowest BCUT2D eigenvalue weighted by atomic mass is 10.1. The summed E-state index contributed by atoms with van der Waals surface area (Å²) in [5, 5.41) is 0. The van der Waals surface area contributed by atoms with E-state index in [4.69, 9.17) is 9.47 Å². The quantitative estimate of drug-likeness (QED) is 0.800. The van der Waals surface area contributed by atoms with Gasteiger partial charge < -0.3 is 14.4 Å². The first kappa shape index (κ1) is 12.4. The smallest absolute Gasteiger partial charge is 0.409 e. The molecule has 2 rings (SSSR count). The van der Waals surface area contributed by atoms with Gasteiger partial charge in [0.1, 0.15) is 6.10 Å². The van der Waals surface area contributed by atoms with Crippen molar-refractivity contribution in [3.63, 3.8) is 0 Å². The van der Waals surface area contributed by atoms with E-state index >= 15 is 0 Å². The number of nitrogens with zero attached hydrogens (tertiary/aromatic N) is 1. The lowest BCUT2D eigenvalue weighted by molar-refractivity contribution is -0.0258. The predicted octanol–water partition coefficient (Wildman–Crippen LogP) is 2.59. The van der Waals surface area contributed by atoms with Gasteiger partial charge >= 0.3 is 6.09 Å². The zero-order valence-electron chi connectivity index (χ0n) is 9.56. The molecule has 1 aliphatic heterocycles. The van der Waals surface area contributed by atoms with Crippen LogP contribution in [0.5, 0.6) is 0 Å². The molecule has 1 atom stereocenters. The van der Waals surface area contributed by atoms with Crippen molar-refractivity contribution in [1.29, 1.82) is 0 Å².